The number of carbonyl (C=O) groups excluding carboxylic acids is 8. The number of hydrogen-bond donors (Lipinski definition) is 14. The van der Waals surface area contributed by atoms with Crippen LogP contribution in [0.4, 0.5) is 0 Å². The van der Waals surface area contributed by atoms with Gasteiger partial charge >= 0.3 is 11.9 Å². The van der Waals surface area contributed by atoms with Gasteiger partial charge in [0.25, 0.3) is 0 Å². The third-order valence-corrected chi connectivity index (χ3v) is 16.4. The van der Waals surface area contributed by atoms with Gasteiger partial charge in [0, 0.05) is 60.5 Å². The van der Waals surface area contributed by atoms with Crippen molar-refractivity contribution in [1.29, 1.82) is 0 Å². The molecule has 0 aliphatic rings. The smallest absolute Gasteiger partial charge is 0.305 e. The van der Waals surface area contributed by atoms with E-state index in [1.807, 2.05) is 4.72 Å². The van der Waals surface area contributed by atoms with Gasteiger partial charge in [-0.2, -0.15) is 4.72 Å². The highest BCUT2D eigenvalue weighted by molar-refractivity contribution is 9.10. The fraction of sp³-hybridized carbons (Fsp3) is 0.444. The van der Waals surface area contributed by atoms with E-state index in [-0.39, 0.29) is 61.6 Å². The molecule has 5 atom stereocenters. The summed E-state index contributed by atoms with van der Waals surface area (Å²) in [4.78, 5) is 131. The van der Waals surface area contributed by atoms with Gasteiger partial charge < -0.3 is 68.0 Å². The van der Waals surface area contributed by atoms with Crippen molar-refractivity contribution >= 4 is 106 Å². The summed E-state index contributed by atoms with van der Waals surface area (Å²) in [6.07, 6.45) is 1.39. The zero-order chi connectivity index (χ0) is 63.4. The number of aliphatic hydroxyl groups is 1. The number of benzene rings is 3. The van der Waals surface area contributed by atoms with Crippen LogP contribution in [0.3, 0.4) is 0 Å². The number of carboxylic acid groups (broad SMARTS) is 2. The molecule has 0 saturated carbocycles. The largest absolute Gasteiger partial charge is 0.497 e. The van der Waals surface area contributed by atoms with Crippen LogP contribution in [-0.2, 0) is 74.4 Å². The van der Waals surface area contributed by atoms with Gasteiger partial charge in [0.05, 0.1) is 36.4 Å². The van der Waals surface area contributed by atoms with Crippen molar-refractivity contribution < 1.29 is 84.8 Å². The average molecular weight is 1310 g/mol. The number of halogens is 1. The van der Waals surface area contributed by atoms with Crippen LogP contribution in [0.15, 0.2) is 93.3 Å². The fourth-order valence-corrected chi connectivity index (χ4v) is 10.9. The molecule has 1 heterocycles. The van der Waals surface area contributed by atoms with Crippen molar-refractivity contribution in [2.24, 2.45) is 5.73 Å². The van der Waals surface area contributed by atoms with Crippen LogP contribution in [0, 0.1) is 0 Å². The van der Waals surface area contributed by atoms with Gasteiger partial charge in [-0.3, -0.25) is 47.9 Å². The third-order valence-electron chi connectivity index (χ3n) is 12.9. The topological polar surface area (TPSA) is 459 Å². The lowest BCUT2D eigenvalue weighted by Crippen LogP contribution is -2.56. The molecule has 86 heavy (non-hydrogen) atoms. The van der Waals surface area contributed by atoms with Gasteiger partial charge in [0.15, 0.2) is 0 Å². The number of hydrogen-bond acceptors (Lipinski definition) is 16. The van der Waals surface area contributed by atoms with Gasteiger partial charge in [-0.05, 0) is 112 Å². The molecular formula is C54H72BrN11O18S2. The van der Waals surface area contributed by atoms with E-state index in [4.69, 9.17) is 10.5 Å². The monoisotopic (exact) mass is 1310 g/mol. The first kappa shape index (κ1) is 70.4. The number of aromatic nitrogens is 1. The van der Waals surface area contributed by atoms with E-state index in [0.29, 0.717) is 54.3 Å². The molecule has 5 unspecified atom stereocenters. The van der Waals surface area contributed by atoms with Gasteiger partial charge in [-0.25, -0.2) is 21.6 Å². The van der Waals surface area contributed by atoms with E-state index >= 15 is 0 Å². The molecule has 0 aliphatic heterocycles. The Kier molecular flexibility index (Phi) is 29.0. The quantitative estimate of drug-likeness (QED) is 0.0248. The molecule has 0 saturated heterocycles. The summed E-state index contributed by atoms with van der Waals surface area (Å²) in [5.41, 5.74) is 6.82. The molecule has 0 spiro atoms. The van der Waals surface area contributed by atoms with E-state index in [1.165, 1.54) is 31.4 Å². The van der Waals surface area contributed by atoms with Crippen LogP contribution >= 0.6 is 15.9 Å². The summed E-state index contributed by atoms with van der Waals surface area (Å²) in [6.45, 7) is -1.72. The SMILES string of the molecule is COc1ccc(S(=O)(=O)NC(CC(=O)O)C(=O)NC(CCC(=O)O)C(=O)NCC(=O)NCC(=O)NC(Cc2c[nH]c3ccccc23)C(=O)NC(CCCO)C(=O)NCCCCCC(=O)NC(CCCCNS(=O)(=O)c2ccc(Br)cc2)C(N)=O)cc1. The minimum absolute atomic E-state index is 0.0143. The maximum atomic E-state index is 14.1. The van der Waals surface area contributed by atoms with Crippen LogP contribution in [0.2, 0.25) is 0 Å². The van der Waals surface area contributed by atoms with Crippen molar-refractivity contribution in [3.8, 4) is 5.75 Å². The van der Waals surface area contributed by atoms with E-state index in [1.54, 1.807) is 42.6 Å². The predicted octanol–water partition coefficient (Wildman–Crippen LogP) is -0.577. The number of methoxy groups -OCH3 is 1. The van der Waals surface area contributed by atoms with Crippen LogP contribution < -0.4 is 57.1 Å². The van der Waals surface area contributed by atoms with E-state index in [9.17, 15) is 80.1 Å². The maximum absolute atomic E-state index is 14.1. The lowest BCUT2D eigenvalue weighted by Gasteiger charge is -2.23. The molecule has 1 aromatic heterocycles. The van der Waals surface area contributed by atoms with E-state index in [2.05, 4.69) is 62.9 Å². The molecule has 29 nitrogen and oxygen atoms in total. The summed E-state index contributed by atoms with van der Waals surface area (Å²) < 4.78 is 61.5. The number of amides is 8. The average Bonchev–Trinajstić information content (AvgIpc) is 2.60. The van der Waals surface area contributed by atoms with Crippen molar-refractivity contribution in [1.82, 2.24) is 51.6 Å². The number of sulfonamides is 2. The van der Waals surface area contributed by atoms with Gasteiger partial charge in [-0.15, -0.1) is 0 Å². The van der Waals surface area contributed by atoms with Crippen molar-refractivity contribution in [2.45, 2.75) is 123 Å². The molecule has 32 heteroatoms. The predicted molar refractivity (Wildman–Crippen MR) is 312 cm³/mol. The minimum atomic E-state index is -4.54. The molecule has 0 aliphatic carbocycles. The fourth-order valence-electron chi connectivity index (χ4n) is 8.38. The van der Waals surface area contributed by atoms with Crippen LogP contribution in [0.25, 0.3) is 10.9 Å². The molecule has 15 N–H and O–H groups in total. The third kappa shape index (κ3) is 24.5. The second-order valence-electron chi connectivity index (χ2n) is 19.5. The first-order valence-electron chi connectivity index (χ1n) is 27.1. The second kappa shape index (κ2) is 35.4. The first-order valence-corrected chi connectivity index (χ1v) is 30.9. The summed E-state index contributed by atoms with van der Waals surface area (Å²) >= 11 is 3.26. The number of H-pyrrole nitrogens is 1. The molecule has 3 aromatic carbocycles. The highest BCUT2D eigenvalue weighted by Crippen LogP contribution is 2.21. The highest BCUT2D eigenvalue weighted by Gasteiger charge is 2.33. The highest BCUT2D eigenvalue weighted by atomic mass is 79.9. The summed E-state index contributed by atoms with van der Waals surface area (Å²) in [5, 5.41) is 46.3. The molecule has 4 rings (SSSR count). The number of nitrogens with one attached hydrogen (secondary N) is 10. The Hall–Kier alpha value is -8.04. The van der Waals surface area contributed by atoms with E-state index in [0.717, 1.165) is 16.6 Å². The van der Waals surface area contributed by atoms with Crippen molar-refractivity contribution in [3.05, 3.63) is 89.0 Å². The van der Waals surface area contributed by atoms with E-state index < -0.39 is 142 Å². The Bertz CT molecular complexity index is 3220. The van der Waals surface area contributed by atoms with Crippen LogP contribution in [0.5, 0.6) is 5.75 Å². The standard InChI is InChI=1S/C54H72BrN11O18S2/c1-84-35-17-21-37(22-18-35)86(82,83)66-44(29-49(73)74)54(79)65-42(23-24-48(71)72)52(77)60-31-46(69)59-32-47(70)63-43(28-33-30-58-39-11-5-4-10-38(33)39)53(78)64-41(13-9-27-67)51(76)57-25-7-2-3-14-45(68)62-40(50(56)75)12-6-8-26-61-85(80,81)36-19-15-34(55)16-20-36/h4-5,10-11,15-22,30,40-44,58,61,66-67H,2-3,6-9,12-14,23-29,31-32H2,1H3,(H2,56,75)(H,57,76)(H,59,69)(H,60,77)(H,62,68)(H,63,70)(H,64,78)(H,65,79)(H,71,72)(H,73,74). The Balaban J connectivity index is 1.29. The lowest BCUT2D eigenvalue weighted by atomic mass is 10.0. The molecule has 0 radical (unpaired) electrons. The number of ether oxygens (including phenoxy) is 1. The number of carboxylic acids is 2. The summed E-state index contributed by atoms with van der Waals surface area (Å²) in [5.74, 6) is -9.65. The Morgan fingerprint density at radius 1 is 0.581 bits per heavy atom. The van der Waals surface area contributed by atoms with Crippen molar-refractivity contribution in [3.63, 3.8) is 0 Å². The van der Waals surface area contributed by atoms with Gasteiger partial charge in [-0.1, -0.05) is 40.5 Å². The van der Waals surface area contributed by atoms with Crippen LogP contribution in [-0.4, -0.2) is 166 Å². The number of para-hydroxylation sites is 1. The Morgan fingerprint density at radius 2 is 1.17 bits per heavy atom. The molecular weight excluding hydrogens is 1230 g/mol. The zero-order valence-electron chi connectivity index (χ0n) is 46.9. The maximum Gasteiger partial charge on any atom is 0.305 e. The minimum Gasteiger partial charge on any atom is -0.497 e. The molecule has 8 amide bonds. The molecule has 0 fully saturated rings. The number of rotatable bonds is 40. The number of carbonyl (C=O) groups is 10. The summed E-state index contributed by atoms with van der Waals surface area (Å²) in [7, 11) is -6.94. The number of aliphatic hydroxyl groups excluding tert-OH is 1. The number of fused-ring (bicyclic) bond motifs is 1. The number of nitrogens with two attached hydrogens (primary N) is 1. The summed E-state index contributed by atoms with van der Waals surface area (Å²) in [6, 6.07) is 10.8. The molecule has 470 valence electrons. The second-order valence-corrected chi connectivity index (χ2v) is 23.9. The Morgan fingerprint density at radius 3 is 1.83 bits per heavy atom. The van der Waals surface area contributed by atoms with Crippen LogP contribution in [0.1, 0.15) is 82.6 Å². The number of primary amides is 1. The normalized spacial score (nSPS) is 13.2. The van der Waals surface area contributed by atoms with Gasteiger partial charge in [0.2, 0.25) is 67.3 Å². The Labute approximate surface area is 504 Å². The first-order chi connectivity index (χ1) is 40.8. The number of aromatic amines is 1. The van der Waals surface area contributed by atoms with Gasteiger partial charge in [0.1, 0.15) is 36.0 Å². The van der Waals surface area contributed by atoms with Crippen molar-refractivity contribution in [2.75, 3.05) is 39.9 Å². The number of unbranched alkanes of at least 4 members (excludes halogenated alkanes) is 3. The lowest BCUT2D eigenvalue weighted by molar-refractivity contribution is -0.140. The molecule has 4 aromatic rings. The zero-order valence-corrected chi connectivity index (χ0v) is 50.1. The number of aliphatic carboxylic acids is 2. The molecule has 0 bridgehead atoms.